The van der Waals surface area contributed by atoms with Gasteiger partial charge in [-0.15, -0.1) is 5.10 Å². The van der Waals surface area contributed by atoms with E-state index in [2.05, 4.69) is 14.5 Å². The molecule has 3 aromatic rings. The molecule has 10 heteroatoms. The summed E-state index contributed by atoms with van der Waals surface area (Å²) in [5, 5.41) is 7.69. The molecule has 3 rings (SSSR count). The largest absolute Gasteiger partial charge is 0.534 e. The molecular weight excluding hydrogens is 383 g/mol. The van der Waals surface area contributed by atoms with E-state index in [0.29, 0.717) is 11.0 Å². The Kier molecular flexibility index (Phi) is 5.17. The average Bonchev–Trinajstić information content (AvgIpc) is 3.02. The summed E-state index contributed by atoms with van der Waals surface area (Å²) >= 11 is 0. The van der Waals surface area contributed by atoms with Gasteiger partial charge < -0.3 is 4.18 Å². The molecule has 0 N–H and O–H groups in total. The molecule has 0 atom stereocenters. The van der Waals surface area contributed by atoms with Crippen LogP contribution in [0, 0.1) is 0 Å². The van der Waals surface area contributed by atoms with Crippen LogP contribution in [0.1, 0.15) is 12.0 Å². The molecule has 0 radical (unpaired) electrons. The van der Waals surface area contributed by atoms with Gasteiger partial charge in [-0.25, -0.2) is 4.68 Å². The van der Waals surface area contributed by atoms with Crippen LogP contribution < -0.4 is 0 Å². The second-order valence-electron chi connectivity index (χ2n) is 5.59. The molecule has 27 heavy (non-hydrogen) atoms. The quantitative estimate of drug-likeness (QED) is 0.360. The maximum atomic E-state index is 12.7. The van der Waals surface area contributed by atoms with Gasteiger partial charge >= 0.3 is 15.6 Å². The van der Waals surface area contributed by atoms with E-state index in [-0.39, 0.29) is 12.8 Å². The summed E-state index contributed by atoms with van der Waals surface area (Å²) in [6, 6.07) is 15.7. The van der Waals surface area contributed by atoms with Crippen LogP contribution in [0.25, 0.3) is 17.2 Å². The number of allylic oxidation sites excluding steroid dienone is 1. The van der Waals surface area contributed by atoms with Gasteiger partial charge in [0.2, 0.25) is 0 Å². The zero-order chi connectivity index (χ0) is 19.5. The standard InChI is InChI=1S/C17H14F3N3O3S/c18-17(19,20)27(24,25)26-14(11-10-13-6-2-1-3-7-13)12-23-16-9-5-4-8-15(16)21-22-23/h1-9,12H,10-11H2. The molecular formula is C17H14F3N3O3S. The number of hydrogen-bond acceptors (Lipinski definition) is 5. The van der Waals surface area contributed by atoms with Crippen LogP contribution in [0.3, 0.4) is 0 Å². The van der Waals surface area contributed by atoms with Gasteiger partial charge in [-0.05, 0) is 24.1 Å². The Morgan fingerprint density at radius 2 is 1.74 bits per heavy atom. The molecule has 6 nitrogen and oxygen atoms in total. The number of aryl methyl sites for hydroxylation is 1. The van der Waals surface area contributed by atoms with Gasteiger partial charge in [0.05, 0.1) is 11.7 Å². The summed E-state index contributed by atoms with van der Waals surface area (Å²) in [6.07, 6.45) is 1.31. The molecule has 0 saturated heterocycles. The van der Waals surface area contributed by atoms with Crippen LogP contribution in [-0.2, 0) is 20.7 Å². The zero-order valence-electron chi connectivity index (χ0n) is 13.8. The number of halogens is 3. The number of alkyl halides is 3. The van der Waals surface area contributed by atoms with E-state index in [1.54, 1.807) is 54.6 Å². The highest BCUT2D eigenvalue weighted by Gasteiger charge is 2.48. The normalized spacial score (nSPS) is 13.1. The molecule has 0 unspecified atom stereocenters. The molecule has 1 aromatic heterocycles. The topological polar surface area (TPSA) is 74.1 Å². The van der Waals surface area contributed by atoms with Gasteiger partial charge in [-0.2, -0.15) is 21.6 Å². The number of benzene rings is 2. The van der Waals surface area contributed by atoms with Gasteiger partial charge in [0.15, 0.2) is 0 Å². The second-order valence-corrected chi connectivity index (χ2v) is 7.12. The van der Waals surface area contributed by atoms with Crippen molar-refractivity contribution in [3.8, 4) is 0 Å². The summed E-state index contributed by atoms with van der Waals surface area (Å²) in [7, 11) is -5.79. The molecule has 0 spiro atoms. The number of rotatable bonds is 6. The van der Waals surface area contributed by atoms with Gasteiger partial charge in [0.25, 0.3) is 0 Å². The number of nitrogens with zero attached hydrogens (tertiary/aromatic N) is 3. The third-order valence-corrected chi connectivity index (χ3v) is 4.65. The maximum absolute atomic E-state index is 12.7. The molecule has 0 amide bonds. The van der Waals surface area contributed by atoms with E-state index in [9.17, 15) is 21.6 Å². The van der Waals surface area contributed by atoms with Gasteiger partial charge in [-0.3, -0.25) is 0 Å². The summed E-state index contributed by atoms with van der Waals surface area (Å²) < 4.78 is 66.6. The predicted molar refractivity (Wildman–Crippen MR) is 92.6 cm³/mol. The van der Waals surface area contributed by atoms with Crippen molar-refractivity contribution < 1.29 is 25.8 Å². The summed E-state index contributed by atoms with van der Waals surface area (Å²) in [4.78, 5) is 0. The van der Waals surface area contributed by atoms with Crippen molar-refractivity contribution in [2.45, 2.75) is 18.3 Å². The molecule has 0 fully saturated rings. The van der Waals surface area contributed by atoms with Crippen LogP contribution in [0.2, 0.25) is 0 Å². The number of fused-ring (bicyclic) bond motifs is 1. The van der Waals surface area contributed by atoms with Crippen molar-refractivity contribution in [2.24, 2.45) is 0 Å². The molecule has 0 aliphatic heterocycles. The minimum absolute atomic E-state index is 0.0759. The van der Waals surface area contributed by atoms with Gasteiger partial charge in [0.1, 0.15) is 11.3 Å². The Morgan fingerprint density at radius 3 is 2.44 bits per heavy atom. The first-order valence-corrected chi connectivity index (χ1v) is 9.22. The third kappa shape index (κ3) is 4.45. The van der Waals surface area contributed by atoms with E-state index in [1.807, 2.05) is 0 Å². The highest BCUT2D eigenvalue weighted by molar-refractivity contribution is 7.87. The van der Waals surface area contributed by atoms with Crippen molar-refractivity contribution in [3.63, 3.8) is 0 Å². The van der Waals surface area contributed by atoms with Crippen LogP contribution >= 0.6 is 0 Å². The van der Waals surface area contributed by atoms with Crippen molar-refractivity contribution >= 4 is 27.4 Å². The predicted octanol–water partition coefficient (Wildman–Crippen LogP) is 3.73. The van der Waals surface area contributed by atoms with Crippen LogP contribution in [0.4, 0.5) is 13.2 Å². The molecule has 0 aliphatic rings. The summed E-state index contributed by atoms with van der Waals surface area (Å²) in [5.41, 5.74) is -3.69. The van der Waals surface area contributed by atoms with E-state index < -0.39 is 21.4 Å². The van der Waals surface area contributed by atoms with Crippen LogP contribution in [-0.4, -0.2) is 28.9 Å². The number of hydrogen-bond donors (Lipinski definition) is 0. The Hall–Kier alpha value is -2.88. The molecule has 142 valence electrons. The lowest BCUT2D eigenvalue weighted by Gasteiger charge is -2.12. The fraction of sp³-hybridized carbons (Fsp3) is 0.176. The second kappa shape index (κ2) is 7.39. The lowest BCUT2D eigenvalue weighted by Crippen LogP contribution is -2.25. The molecule has 2 aromatic carbocycles. The van der Waals surface area contributed by atoms with Crippen LogP contribution in [0.15, 0.2) is 60.4 Å². The van der Waals surface area contributed by atoms with Gasteiger partial charge in [-0.1, -0.05) is 47.7 Å². The Morgan fingerprint density at radius 1 is 1.07 bits per heavy atom. The first-order valence-electron chi connectivity index (χ1n) is 7.81. The SMILES string of the molecule is O=S(=O)(OC(=Cn1nnc2ccccc21)CCc1ccccc1)C(F)(F)F. The van der Waals surface area contributed by atoms with Crippen molar-refractivity contribution in [3.05, 3.63) is 65.9 Å². The summed E-state index contributed by atoms with van der Waals surface area (Å²) in [5.74, 6) is -0.396. The van der Waals surface area contributed by atoms with E-state index in [0.717, 1.165) is 11.8 Å². The lowest BCUT2D eigenvalue weighted by atomic mass is 10.1. The van der Waals surface area contributed by atoms with E-state index >= 15 is 0 Å². The van der Waals surface area contributed by atoms with Gasteiger partial charge in [0, 0.05) is 6.42 Å². The monoisotopic (exact) mass is 397 g/mol. The molecule has 0 aliphatic carbocycles. The van der Waals surface area contributed by atoms with E-state index in [1.165, 1.54) is 4.68 Å². The van der Waals surface area contributed by atoms with Crippen molar-refractivity contribution in [2.75, 3.05) is 0 Å². The minimum Gasteiger partial charge on any atom is -0.379 e. The highest BCUT2D eigenvalue weighted by Crippen LogP contribution is 2.28. The molecule has 1 heterocycles. The first-order chi connectivity index (χ1) is 12.8. The fourth-order valence-electron chi connectivity index (χ4n) is 2.35. The summed E-state index contributed by atoms with van der Waals surface area (Å²) in [6.45, 7) is 0. The first kappa shape index (κ1) is 18.9. The lowest BCUT2D eigenvalue weighted by molar-refractivity contribution is -0.0522. The molecule has 0 saturated carbocycles. The Balaban J connectivity index is 1.93. The minimum atomic E-state index is -5.79. The highest BCUT2D eigenvalue weighted by atomic mass is 32.2. The van der Waals surface area contributed by atoms with E-state index in [4.69, 9.17) is 0 Å². The number of aromatic nitrogens is 3. The zero-order valence-corrected chi connectivity index (χ0v) is 14.6. The molecule has 0 bridgehead atoms. The van der Waals surface area contributed by atoms with Crippen LogP contribution in [0.5, 0.6) is 0 Å². The fourth-order valence-corrected chi connectivity index (χ4v) is 2.85. The Labute approximate surface area is 153 Å². The van der Waals surface area contributed by atoms with Crippen molar-refractivity contribution in [1.29, 1.82) is 0 Å². The average molecular weight is 397 g/mol. The smallest absolute Gasteiger partial charge is 0.379 e. The number of para-hydroxylation sites is 1. The van der Waals surface area contributed by atoms with Crippen molar-refractivity contribution in [1.82, 2.24) is 15.0 Å². The Bertz CT molecular complexity index is 1060. The third-order valence-electron chi connectivity index (χ3n) is 3.65. The maximum Gasteiger partial charge on any atom is 0.534 e.